The van der Waals surface area contributed by atoms with E-state index < -0.39 is 11.8 Å². The van der Waals surface area contributed by atoms with E-state index in [0.29, 0.717) is 5.56 Å². The molecule has 0 saturated carbocycles. The Morgan fingerprint density at radius 2 is 1.78 bits per heavy atom. The molecule has 0 radical (unpaired) electrons. The van der Waals surface area contributed by atoms with Gasteiger partial charge >= 0.3 is 5.97 Å². The summed E-state index contributed by atoms with van der Waals surface area (Å²) in [5, 5.41) is 8.99. The molecule has 2 aromatic carbocycles. The van der Waals surface area contributed by atoms with Gasteiger partial charge in [0, 0.05) is 5.56 Å². The van der Waals surface area contributed by atoms with Gasteiger partial charge in [0.15, 0.2) is 11.6 Å². The molecule has 18 heavy (non-hydrogen) atoms. The van der Waals surface area contributed by atoms with E-state index in [9.17, 15) is 9.18 Å². The van der Waals surface area contributed by atoms with Gasteiger partial charge < -0.3 is 9.84 Å². The maximum absolute atomic E-state index is 13.3. The molecule has 2 rings (SSSR count). The molecule has 0 spiro atoms. The van der Waals surface area contributed by atoms with Gasteiger partial charge in [-0.05, 0) is 18.2 Å². The van der Waals surface area contributed by atoms with E-state index in [0.717, 1.165) is 0 Å². The number of hydrogen-bond donors (Lipinski definition) is 1. The number of benzene rings is 2. The predicted molar refractivity (Wildman–Crippen MR) is 64.1 cm³/mol. The summed E-state index contributed by atoms with van der Waals surface area (Å²) in [4.78, 5) is 11.0. The first kappa shape index (κ1) is 12.1. The third-order valence-corrected chi connectivity index (χ3v) is 2.47. The van der Waals surface area contributed by atoms with Gasteiger partial charge in [-0.2, -0.15) is 0 Å². The molecule has 0 aromatic heterocycles. The zero-order valence-electron chi connectivity index (χ0n) is 9.47. The SMILES string of the molecule is O=C(O)c1ccccc1COc1ccccc1F. The van der Waals surface area contributed by atoms with Gasteiger partial charge in [-0.15, -0.1) is 0 Å². The number of para-hydroxylation sites is 1. The summed E-state index contributed by atoms with van der Waals surface area (Å²) in [5.74, 6) is -1.38. The highest BCUT2D eigenvalue weighted by Crippen LogP contribution is 2.18. The number of halogens is 1. The monoisotopic (exact) mass is 246 g/mol. The summed E-state index contributed by atoms with van der Waals surface area (Å²) >= 11 is 0. The minimum absolute atomic E-state index is 0.0173. The second-order valence-corrected chi connectivity index (χ2v) is 3.68. The lowest BCUT2D eigenvalue weighted by Crippen LogP contribution is -2.05. The number of hydrogen-bond acceptors (Lipinski definition) is 2. The first-order valence-electron chi connectivity index (χ1n) is 5.37. The molecule has 0 aliphatic heterocycles. The minimum Gasteiger partial charge on any atom is -0.486 e. The van der Waals surface area contributed by atoms with Crippen LogP contribution in [-0.2, 0) is 6.61 Å². The van der Waals surface area contributed by atoms with Crippen molar-refractivity contribution in [3.05, 3.63) is 65.5 Å². The molecule has 0 fully saturated rings. The smallest absolute Gasteiger partial charge is 0.336 e. The number of carbonyl (C=O) groups is 1. The maximum atomic E-state index is 13.3. The number of carboxylic acid groups (broad SMARTS) is 1. The Kier molecular flexibility index (Phi) is 3.57. The van der Waals surface area contributed by atoms with Crippen molar-refractivity contribution in [3.63, 3.8) is 0 Å². The summed E-state index contributed by atoms with van der Waals surface area (Å²) < 4.78 is 18.6. The van der Waals surface area contributed by atoms with Crippen molar-refractivity contribution in [1.82, 2.24) is 0 Å². The fourth-order valence-corrected chi connectivity index (χ4v) is 1.57. The molecular formula is C14H11FO3. The van der Waals surface area contributed by atoms with Crippen LogP contribution in [0.4, 0.5) is 4.39 Å². The van der Waals surface area contributed by atoms with Crippen LogP contribution in [0.15, 0.2) is 48.5 Å². The zero-order chi connectivity index (χ0) is 13.0. The first-order chi connectivity index (χ1) is 8.68. The van der Waals surface area contributed by atoms with Crippen molar-refractivity contribution in [2.24, 2.45) is 0 Å². The average Bonchev–Trinajstić information content (AvgIpc) is 2.38. The predicted octanol–water partition coefficient (Wildman–Crippen LogP) is 3.10. The Labute approximate surface area is 103 Å². The Morgan fingerprint density at radius 1 is 1.11 bits per heavy atom. The Bertz CT molecular complexity index is 566. The molecule has 4 heteroatoms. The zero-order valence-corrected chi connectivity index (χ0v) is 9.47. The van der Waals surface area contributed by atoms with Gasteiger partial charge in [-0.1, -0.05) is 30.3 Å². The number of aromatic carboxylic acids is 1. The lowest BCUT2D eigenvalue weighted by atomic mass is 10.1. The largest absolute Gasteiger partial charge is 0.486 e. The van der Waals surface area contributed by atoms with E-state index in [1.165, 1.54) is 18.2 Å². The van der Waals surface area contributed by atoms with E-state index >= 15 is 0 Å². The van der Waals surface area contributed by atoms with Gasteiger partial charge in [0.2, 0.25) is 0 Å². The van der Waals surface area contributed by atoms with Crippen LogP contribution in [-0.4, -0.2) is 11.1 Å². The summed E-state index contributed by atoms with van der Waals surface area (Å²) in [6.07, 6.45) is 0. The Hall–Kier alpha value is -2.36. The van der Waals surface area contributed by atoms with E-state index in [-0.39, 0.29) is 17.9 Å². The third kappa shape index (κ3) is 2.66. The van der Waals surface area contributed by atoms with Crippen molar-refractivity contribution < 1.29 is 19.0 Å². The van der Waals surface area contributed by atoms with Crippen molar-refractivity contribution >= 4 is 5.97 Å². The standard InChI is InChI=1S/C14H11FO3/c15-12-7-3-4-8-13(12)18-9-10-5-1-2-6-11(10)14(16)17/h1-8H,9H2,(H,16,17). The second-order valence-electron chi connectivity index (χ2n) is 3.68. The van der Waals surface area contributed by atoms with Gasteiger partial charge in [-0.3, -0.25) is 0 Å². The molecule has 0 atom stereocenters. The summed E-state index contributed by atoms with van der Waals surface area (Å²) in [6, 6.07) is 12.5. The molecule has 0 aliphatic carbocycles. The van der Waals surface area contributed by atoms with Gasteiger partial charge in [0.1, 0.15) is 6.61 Å². The van der Waals surface area contributed by atoms with E-state index in [2.05, 4.69) is 0 Å². The molecule has 0 aliphatic rings. The van der Waals surface area contributed by atoms with Crippen LogP contribution in [0, 0.1) is 5.82 Å². The first-order valence-corrected chi connectivity index (χ1v) is 5.37. The molecule has 3 nitrogen and oxygen atoms in total. The minimum atomic E-state index is -1.03. The van der Waals surface area contributed by atoms with Gasteiger partial charge in [0.05, 0.1) is 5.56 Å². The van der Waals surface area contributed by atoms with Gasteiger partial charge in [-0.25, -0.2) is 9.18 Å². The topological polar surface area (TPSA) is 46.5 Å². The van der Waals surface area contributed by atoms with Crippen LogP contribution in [0.2, 0.25) is 0 Å². The molecule has 0 amide bonds. The van der Waals surface area contributed by atoms with E-state index in [1.807, 2.05) is 0 Å². The molecule has 1 N–H and O–H groups in total. The van der Waals surface area contributed by atoms with Crippen LogP contribution in [0.3, 0.4) is 0 Å². The highest BCUT2D eigenvalue weighted by atomic mass is 19.1. The van der Waals surface area contributed by atoms with Crippen molar-refractivity contribution in [1.29, 1.82) is 0 Å². The molecule has 0 unspecified atom stereocenters. The van der Waals surface area contributed by atoms with Crippen molar-refractivity contribution in [2.75, 3.05) is 0 Å². The van der Waals surface area contributed by atoms with E-state index in [4.69, 9.17) is 9.84 Å². The van der Waals surface area contributed by atoms with E-state index in [1.54, 1.807) is 30.3 Å². The Balaban J connectivity index is 2.16. The quantitative estimate of drug-likeness (QED) is 0.901. The highest BCUT2D eigenvalue weighted by molar-refractivity contribution is 5.89. The second kappa shape index (κ2) is 5.31. The molecule has 0 bridgehead atoms. The van der Waals surface area contributed by atoms with Crippen LogP contribution in [0.5, 0.6) is 5.75 Å². The fraction of sp³-hybridized carbons (Fsp3) is 0.0714. The van der Waals surface area contributed by atoms with Gasteiger partial charge in [0.25, 0.3) is 0 Å². The highest BCUT2D eigenvalue weighted by Gasteiger charge is 2.10. The molecule has 0 saturated heterocycles. The van der Waals surface area contributed by atoms with Crippen molar-refractivity contribution in [3.8, 4) is 5.75 Å². The lowest BCUT2D eigenvalue weighted by molar-refractivity contribution is 0.0694. The number of rotatable bonds is 4. The maximum Gasteiger partial charge on any atom is 0.336 e. The summed E-state index contributed by atoms with van der Waals surface area (Å²) in [5.41, 5.74) is 0.669. The van der Waals surface area contributed by atoms with Crippen LogP contribution in [0.1, 0.15) is 15.9 Å². The third-order valence-electron chi connectivity index (χ3n) is 2.47. The molecular weight excluding hydrogens is 235 g/mol. The number of carboxylic acids is 1. The summed E-state index contributed by atoms with van der Waals surface area (Å²) in [6.45, 7) is 0.0173. The normalized spacial score (nSPS) is 10.1. The molecule has 0 heterocycles. The Morgan fingerprint density at radius 3 is 2.50 bits per heavy atom. The lowest BCUT2D eigenvalue weighted by Gasteiger charge is -2.09. The average molecular weight is 246 g/mol. The van der Waals surface area contributed by atoms with Crippen LogP contribution < -0.4 is 4.74 Å². The van der Waals surface area contributed by atoms with Crippen molar-refractivity contribution in [2.45, 2.75) is 6.61 Å². The number of ether oxygens (including phenoxy) is 1. The molecule has 92 valence electrons. The molecule has 2 aromatic rings. The van der Waals surface area contributed by atoms with Crippen LogP contribution >= 0.6 is 0 Å². The van der Waals surface area contributed by atoms with Crippen LogP contribution in [0.25, 0.3) is 0 Å². The fourth-order valence-electron chi connectivity index (χ4n) is 1.57. The summed E-state index contributed by atoms with van der Waals surface area (Å²) in [7, 11) is 0.